The molecule has 3 heterocycles. The number of thioether (sulfide) groups is 1. The molecule has 1 N–H and O–H groups in total. The molecular weight excluding hydrogens is 438 g/mol. The Balaban J connectivity index is 1.31. The van der Waals surface area contributed by atoms with E-state index >= 15 is 0 Å². The smallest absolute Gasteiger partial charge is 0.286 e. The maximum atomic E-state index is 12.0. The summed E-state index contributed by atoms with van der Waals surface area (Å²) in [5, 5.41) is 2.45. The summed E-state index contributed by atoms with van der Waals surface area (Å²) in [5.74, 6) is 1.84. The number of oxazole rings is 1. The average molecular weight is 460 g/mol. The summed E-state index contributed by atoms with van der Waals surface area (Å²) in [6.07, 6.45) is 2.75. The van der Waals surface area contributed by atoms with Crippen molar-refractivity contribution in [1.29, 1.82) is 0 Å². The van der Waals surface area contributed by atoms with Gasteiger partial charge < -0.3 is 9.15 Å². The second-order valence-electron chi connectivity index (χ2n) is 7.70. The SMILES string of the molecule is Cc1oc(-c2ccccc2)nc1CCOc1ccc(CC2SC(=O)NC2=O)c2ncccc12. The molecule has 0 bridgehead atoms. The fraction of sp³-hybridized carbons (Fsp3) is 0.200. The Hall–Kier alpha value is -3.65. The molecular formula is C25H21N3O4S. The van der Waals surface area contributed by atoms with Gasteiger partial charge in [0.2, 0.25) is 11.8 Å². The van der Waals surface area contributed by atoms with Crippen LogP contribution in [0.4, 0.5) is 4.79 Å². The number of nitrogens with zero attached hydrogens (tertiary/aromatic N) is 2. The van der Waals surface area contributed by atoms with Crippen LogP contribution in [0.1, 0.15) is 17.0 Å². The number of ether oxygens (including phenoxy) is 1. The van der Waals surface area contributed by atoms with Crippen LogP contribution in [-0.4, -0.2) is 33.0 Å². The Morgan fingerprint density at radius 2 is 1.94 bits per heavy atom. The van der Waals surface area contributed by atoms with E-state index in [2.05, 4.69) is 15.3 Å². The number of aromatic nitrogens is 2. The van der Waals surface area contributed by atoms with Crippen LogP contribution in [0.15, 0.2) is 65.2 Å². The van der Waals surface area contributed by atoms with Crippen LogP contribution in [0, 0.1) is 6.92 Å². The topological polar surface area (TPSA) is 94.3 Å². The molecule has 1 unspecified atom stereocenters. The van der Waals surface area contributed by atoms with Crippen molar-refractivity contribution in [3.63, 3.8) is 0 Å². The molecule has 4 aromatic rings. The van der Waals surface area contributed by atoms with Crippen LogP contribution in [-0.2, 0) is 17.6 Å². The van der Waals surface area contributed by atoms with Crippen LogP contribution < -0.4 is 10.1 Å². The van der Waals surface area contributed by atoms with E-state index in [4.69, 9.17) is 9.15 Å². The summed E-state index contributed by atoms with van der Waals surface area (Å²) in [6.45, 7) is 2.34. The maximum absolute atomic E-state index is 12.0. The summed E-state index contributed by atoms with van der Waals surface area (Å²) in [5.41, 5.74) is 3.48. The fourth-order valence-corrected chi connectivity index (χ4v) is 4.69. The lowest BCUT2D eigenvalue weighted by Gasteiger charge is -2.13. The Labute approximate surface area is 194 Å². The quantitative estimate of drug-likeness (QED) is 0.428. The number of imide groups is 1. The molecule has 0 radical (unpaired) electrons. The van der Waals surface area contributed by atoms with E-state index < -0.39 is 5.25 Å². The number of benzene rings is 2. The molecule has 1 aliphatic heterocycles. The normalized spacial score (nSPS) is 15.7. The third-order valence-corrected chi connectivity index (χ3v) is 6.48. The van der Waals surface area contributed by atoms with Crippen molar-refractivity contribution in [2.45, 2.75) is 25.0 Å². The molecule has 166 valence electrons. The molecule has 1 saturated heterocycles. The molecule has 1 aliphatic rings. The molecule has 8 heteroatoms. The molecule has 2 amide bonds. The lowest BCUT2D eigenvalue weighted by Crippen LogP contribution is -2.25. The number of carbonyl (C=O) groups excluding carboxylic acids is 2. The first-order valence-corrected chi connectivity index (χ1v) is 11.5. The number of hydrogen-bond donors (Lipinski definition) is 1. The highest BCUT2D eigenvalue weighted by molar-refractivity contribution is 8.15. The number of rotatable bonds is 7. The third kappa shape index (κ3) is 4.47. The van der Waals surface area contributed by atoms with Gasteiger partial charge in [0.15, 0.2) is 0 Å². The molecule has 33 heavy (non-hydrogen) atoms. The lowest BCUT2D eigenvalue weighted by atomic mass is 10.0. The van der Waals surface area contributed by atoms with Crippen molar-refractivity contribution in [3.05, 3.63) is 77.8 Å². The summed E-state index contributed by atoms with van der Waals surface area (Å²) in [4.78, 5) is 32.6. The van der Waals surface area contributed by atoms with Crippen LogP contribution in [0.3, 0.4) is 0 Å². The zero-order valence-corrected chi connectivity index (χ0v) is 18.7. The minimum Gasteiger partial charge on any atom is -0.492 e. The highest BCUT2D eigenvalue weighted by atomic mass is 32.2. The first-order valence-electron chi connectivity index (χ1n) is 10.6. The molecule has 0 spiro atoms. The third-order valence-electron chi connectivity index (χ3n) is 5.50. The Kier molecular flexibility index (Phi) is 5.83. The minimum absolute atomic E-state index is 0.257. The standard InChI is InChI=1S/C25H21N3O4S/c1-15-19(27-24(32-15)16-6-3-2-4-7-16)11-13-31-20-10-9-17(22-18(20)8-5-12-26-22)14-21-23(29)28-25(30)33-21/h2-10,12,21H,11,13-14H2,1H3,(H,28,29,30). The number of carbonyl (C=O) groups is 2. The second kappa shape index (κ2) is 9.07. The van der Waals surface area contributed by atoms with E-state index in [0.717, 1.165) is 45.2 Å². The molecule has 1 fully saturated rings. The van der Waals surface area contributed by atoms with Gasteiger partial charge in [0.1, 0.15) is 11.5 Å². The van der Waals surface area contributed by atoms with Gasteiger partial charge in [-0.1, -0.05) is 36.0 Å². The van der Waals surface area contributed by atoms with Gasteiger partial charge in [-0.2, -0.15) is 0 Å². The molecule has 0 saturated carbocycles. The minimum atomic E-state index is -0.441. The molecule has 1 atom stereocenters. The van der Waals surface area contributed by atoms with Gasteiger partial charge in [0.25, 0.3) is 5.24 Å². The van der Waals surface area contributed by atoms with E-state index in [1.807, 2.05) is 61.5 Å². The van der Waals surface area contributed by atoms with Crippen LogP contribution >= 0.6 is 11.8 Å². The van der Waals surface area contributed by atoms with Gasteiger partial charge in [0.05, 0.1) is 23.1 Å². The maximum Gasteiger partial charge on any atom is 0.286 e. The monoisotopic (exact) mass is 459 g/mol. The van der Waals surface area contributed by atoms with Gasteiger partial charge >= 0.3 is 0 Å². The molecule has 7 nitrogen and oxygen atoms in total. The Morgan fingerprint density at radius 3 is 2.73 bits per heavy atom. The summed E-state index contributed by atoms with van der Waals surface area (Å²) >= 11 is 1.02. The van der Waals surface area contributed by atoms with Gasteiger partial charge in [-0.15, -0.1) is 0 Å². The number of fused-ring (bicyclic) bond motifs is 1. The lowest BCUT2D eigenvalue weighted by molar-refractivity contribution is -0.118. The number of pyridine rings is 1. The Morgan fingerprint density at radius 1 is 1.09 bits per heavy atom. The van der Waals surface area contributed by atoms with E-state index in [9.17, 15) is 9.59 Å². The van der Waals surface area contributed by atoms with Gasteiger partial charge in [-0.3, -0.25) is 19.9 Å². The van der Waals surface area contributed by atoms with Gasteiger partial charge in [-0.05, 0) is 49.2 Å². The van der Waals surface area contributed by atoms with Crippen molar-refractivity contribution in [2.75, 3.05) is 6.61 Å². The highest BCUT2D eigenvalue weighted by Gasteiger charge is 2.32. The average Bonchev–Trinajstić information content (AvgIpc) is 3.36. The van der Waals surface area contributed by atoms with Crippen LogP contribution in [0.5, 0.6) is 5.75 Å². The zero-order valence-electron chi connectivity index (χ0n) is 17.9. The zero-order chi connectivity index (χ0) is 22.8. The first-order chi connectivity index (χ1) is 16.1. The largest absolute Gasteiger partial charge is 0.492 e. The first kappa shape index (κ1) is 21.2. The van der Waals surface area contributed by atoms with E-state index in [-0.39, 0.29) is 11.1 Å². The molecule has 0 aliphatic carbocycles. The Bertz CT molecular complexity index is 1340. The van der Waals surface area contributed by atoms with Crippen LogP contribution in [0.2, 0.25) is 0 Å². The number of aryl methyl sites for hydroxylation is 1. The molecule has 5 rings (SSSR count). The predicted molar refractivity (Wildman–Crippen MR) is 126 cm³/mol. The molecule has 2 aromatic carbocycles. The highest BCUT2D eigenvalue weighted by Crippen LogP contribution is 2.31. The van der Waals surface area contributed by atoms with Crippen molar-refractivity contribution < 1.29 is 18.7 Å². The predicted octanol–water partition coefficient (Wildman–Crippen LogP) is 4.71. The van der Waals surface area contributed by atoms with Crippen molar-refractivity contribution >= 4 is 33.8 Å². The van der Waals surface area contributed by atoms with E-state index in [0.29, 0.717) is 31.1 Å². The summed E-state index contributed by atoms with van der Waals surface area (Å²) < 4.78 is 11.9. The number of amides is 2. The summed E-state index contributed by atoms with van der Waals surface area (Å²) in [6, 6.07) is 17.4. The van der Waals surface area contributed by atoms with E-state index in [1.54, 1.807) is 6.20 Å². The van der Waals surface area contributed by atoms with Gasteiger partial charge in [-0.25, -0.2) is 4.98 Å². The number of nitrogens with one attached hydrogen (secondary N) is 1. The second-order valence-corrected chi connectivity index (χ2v) is 8.87. The van der Waals surface area contributed by atoms with E-state index in [1.165, 1.54) is 0 Å². The number of hydrogen-bond acceptors (Lipinski definition) is 7. The summed E-state index contributed by atoms with van der Waals surface area (Å²) in [7, 11) is 0. The van der Waals surface area contributed by atoms with Crippen molar-refractivity contribution in [1.82, 2.24) is 15.3 Å². The van der Waals surface area contributed by atoms with Gasteiger partial charge in [0, 0.05) is 23.6 Å². The molecule has 2 aromatic heterocycles. The van der Waals surface area contributed by atoms with Crippen molar-refractivity contribution in [3.8, 4) is 17.2 Å². The van der Waals surface area contributed by atoms with Crippen molar-refractivity contribution in [2.24, 2.45) is 0 Å². The fourth-order valence-electron chi connectivity index (χ4n) is 3.84. The van der Waals surface area contributed by atoms with Crippen LogP contribution in [0.25, 0.3) is 22.4 Å².